The number of carbonyl (C=O) groups excluding carboxylic acids is 1. The molecule has 1 aromatic carbocycles. The van der Waals surface area contributed by atoms with Gasteiger partial charge >= 0.3 is 0 Å². The summed E-state index contributed by atoms with van der Waals surface area (Å²) in [7, 11) is 2.00. The number of H-pyrrole nitrogens is 1. The number of halogens is 1. The fourth-order valence-electron chi connectivity index (χ4n) is 8.35. The smallest absolute Gasteiger partial charge is 0.246 e. The molecule has 4 aliphatic rings. The molecule has 7 atom stereocenters. The molecule has 3 aliphatic carbocycles. The number of aromatic amines is 1. The summed E-state index contributed by atoms with van der Waals surface area (Å²) < 4.78 is 0. The molecular formula is C26H32ClN3O. The number of imidazole rings is 1. The molecule has 164 valence electrons. The molecule has 0 saturated heterocycles. The van der Waals surface area contributed by atoms with E-state index in [-0.39, 0.29) is 11.3 Å². The van der Waals surface area contributed by atoms with E-state index in [9.17, 15) is 4.79 Å². The molecule has 1 amide bonds. The molecule has 2 aromatic rings. The summed E-state index contributed by atoms with van der Waals surface area (Å²) >= 11 is 6.21. The number of benzene rings is 1. The normalized spacial score (nSPS) is 41.9. The zero-order chi connectivity index (χ0) is 21.5. The van der Waals surface area contributed by atoms with Gasteiger partial charge in [0.05, 0.1) is 11.0 Å². The summed E-state index contributed by atoms with van der Waals surface area (Å²) in [5.74, 6) is 3.97. The second kappa shape index (κ2) is 6.60. The van der Waals surface area contributed by atoms with Gasteiger partial charge in [-0.05, 0) is 86.0 Å². The molecule has 6 rings (SSSR count). The second-order valence-corrected chi connectivity index (χ2v) is 11.5. The van der Waals surface area contributed by atoms with Crippen LogP contribution in [0.25, 0.3) is 11.0 Å². The van der Waals surface area contributed by atoms with Gasteiger partial charge in [0.25, 0.3) is 0 Å². The van der Waals surface area contributed by atoms with Crippen LogP contribution >= 0.6 is 11.6 Å². The van der Waals surface area contributed by atoms with Crippen LogP contribution in [0.5, 0.6) is 0 Å². The summed E-state index contributed by atoms with van der Waals surface area (Å²) in [6.45, 7) is 4.96. The highest BCUT2D eigenvalue weighted by atomic mass is 35.5. The molecule has 3 saturated carbocycles. The van der Waals surface area contributed by atoms with E-state index in [1.807, 2.05) is 36.2 Å². The van der Waals surface area contributed by atoms with Crippen molar-refractivity contribution in [2.75, 3.05) is 7.05 Å². The number of nitrogens with one attached hydrogen (secondary N) is 1. The van der Waals surface area contributed by atoms with Crippen molar-refractivity contribution in [3.8, 4) is 0 Å². The van der Waals surface area contributed by atoms with E-state index in [1.54, 1.807) is 0 Å². The van der Waals surface area contributed by atoms with Crippen LogP contribution in [-0.2, 0) is 4.79 Å². The first-order valence-electron chi connectivity index (χ1n) is 11.9. The van der Waals surface area contributed by atoms with E-state index in [2.05, 4.69) is 24.9 Å². The molecule has 0 unspecified atom stereocenters. The number of carbonyl (C=O) groups is 1. The molecule has 31 heavy (non-hydrogen) atoms. The third kappa shape index (κ3) is 2.66. The summed E-state index contributed by atoms with van der Waals surface area (Å²) in [6, 6.07) is 6.30. The van der Waals surface area contributed by atoms with Crippen LogP contribution < -0.4 is 0 Å². The third-order valence-electron chi connectivity index (χ3n) is 9.92. The summed E-state index contributed by atoms with van der Waals surface area (Å²) in [5, 5.41) is 0.757. The van der Waals surface area contributed by atoms with E-state index in [0.29, 0.717) is 23.3 Å². The van der Waals surface area contributed by atoms with Gasteiger partial charge in [-0.2, -0.15) is 0 Å². The molecular weight excluding hydrogens is 406 g/mol. The van der Waals surface area contributed by atoms with Crippen LogP contribution in [-0.4, -0.2) is 33.9 Å². The highest BCUT2D eigenvalue weighted by molar-refractivity contribution is 6.31. The summed E-state index contributed by atoms with van der Waals surface area (Å²) in [4.78, 5) is 22.9. The van der Waals surface area contributed by atoms with Gasteiger partial charge in [0.2, 0.25) is 5.91 Å². The largest absolute Gasteiger partial charge is 0.342 e. The number of aromatic nitrogens is 2. The maximum Gasteiger partial charge on any atom is 0.246 e. The molecule has 4 nitrogen and oxygen atoms in total. The standard InChI is InChI=1S/C26H32ClN3O/c1-25-12-10-18-16(5-9-22-26(18,2)13-11-23(31)30(22)3)17(25)6-7-19(25)24-28-20-8-4-15(27)14-21(20)29-24/h4,8,11,13-14,16-19,22H,5-7,9-10,12H2,1-3H3,(H,28,29)/t16-,17-,18-,19+,22+,25-,26+/m0/s1. The number of nitrogens with zero attached hydrogens (tertiary/aromatic N) is 2. The zero-order valence-corrected chi connectivity index (χ0v) is 19.5. The van der Waals surface area contributed by atoms with Gasteiger partial charge in [0, 0.05) is 29.4 Å². The van der Waals surface area contributed by atoms with Crippen molar-refractivity contribution >= 4 is 28.5 Å². The Morgan fingerprint density at radius 3 is 2.81 bits per heavy atom. The molecule has 5 heteroatoms. The Morgan fingerprint density at radius 1 is 1.13 bits per heavy atom. The summed E-state index contributed by atoms with van der Waals surface area (Å²) in [5.41, 5.74) is 2.48. The van der Waals surface area contributed by atoms with Gasteiger partial charge < -0.3 is 9.88 Å². The lowest BCUT2D eigenvalue weighted by atomic mass is 9.47. The van der Waals surface area contributed by atoms with Crippen molar-refractivity contribution in [2.24, 2.45) is 28.6 Å². The number of hydrogen-bond donors (Lipinski definition) is 1. The molecule has 1 aromatic heterocycles. The molecule has 1 aliphatic heterocycles. The van der Waals surface area contributed by atoms with E-state index in [0.717, 1.165) is 40.1 Å². The highest BCUT2D eigenvalue weighted by Crippen LogP contribution is 2.67. The third-order valence-corrected chi connectivity index (χ3v) is 10.2. The molecule has 2 heterocycles. The van der Waals surface area contributed by atoms with E-state index >= 15 is 0 Å². The van der Waals surface area contributed by atoms with Crippen molar-refractivity contribution in [3.05, 3.63) is 41.2 Å². The Hall–Kier alpha value is -1.81. The summed E-state index contributed by atoms with van der Waals surface area (Å²) in [6.07, 6.45) is 11.5. The Bertz CT molecular complexity index is 1090. The monoisotopic (exact) mass is 437 g/mol. The van der Waals surface area contributed by atoms with Crippen molar-refractivity contribution in [1.82, 2.24) is 14.9 Å². The van der Waals surface area contributed by atoms with Crippen LogP contribution in [0.3, 0.4) is 0 Å². The zero-order valence-electron chi connectivity index (χ0n) is 18.7. The molecule has 0 spiro atoms. The topological polar surface area (TPSA) is 49.0 Å². The molecule has 0 bridgehead atoms. The lowest BCUT2D eigenvalue weighted by Crippen LogP contribution is -2.59. The van der Waals surface area contributed by atoms with Crippen LogP contribution in [0, 0.1) is 28.6 Å². The van der Waals surface area contributed by atoms with Gasteiger partial charge in [-0.3, -0.25) is 4.79 Å². The first kappa shape index (κ1) is 19.8. The Labute approximate surface area is 189 Å². The minimum Gasteiger partial charge on any atom is -0.342 e. The molecule has 3 fully saturated rings. The number of hydrogen-bond acceptors (Lipinski definition) is 2. The van der Waals surface area contributed by atoms with Crippen molar-refractivity contribution in [3.63, 3.8) is 0 Å². The fraction of sp³-hybridized carbons (Fsp3) is 0.615. The average Bonchev–Trinajstić information content (AvgIpc) is 3.30. The number of fused-ring (bicyclic) bond motifs is 6. The highest BCUT2D eigenvalue weighted by Gasteiger charge is 2.60. The van der Waals surface area contributed by atoms with E-state index in [4.69, 9.17) is 16.6 Å². The Balaban J connectivity index is 1.33. The first-order valence-corrected chi connectivity index (χ1v) is 12.3. The van der Waals surface area contributed by atoms with Gasteiger partial charge in [0.1, 0.15) is 5.82 Å². The molecule has 0 radical (unpaired) electrons. The van der Waals surface area contributed by atoms with Crippen LogP contribution in [0.2, 0.25) is 5.02 Å². The lowest BCUT2D eigenvalue weighted by Gasteiger charge is -2.60. The predicted molar refractivity (Wildman–Crippen MR) is 124 cm³/mol. The van der Waals surface area contributed by atoms with Crippen LogP contribution in [0.1, 0.15) is 64.1 Å². The average molecular weight is 438 g/mol. The van der Waals surface area contributed by atoms with Gasteiger partial charge in [-0.15, -0.1) is 0 Å². The quantitative estimate of drug-likeness (QED) is 0.600. The number of likely N-dealkylation sites (N-methyl/N-ethyl adjacent to an activating group) is 1. The van der Waals surface area contributed by atoms with Gasteiger partial charge in [-0.25, -0.2) is 4.98 Å². The molecule has 1 N–H and O–H groups in total. The first-order chi connectivity index (χ1) is 14.8. The second-order valence-electron chi connectivity index (χ2n) is 11.1. The van der Waals surface area contributed by atoms with Crippen LogP contribution in [0.15, 0.2) is 30.4 Å². The van der Waals surface area contributed by atoms with Crippen molar-refractivity contribution in [2.45, 2.75) is 64.3 Å². The number of amides is 1. The van der Waals surface area contributed by atoms with Crippen molar-refractivity contribution in [1.29, 1.82) is 0 Å². The maximum atomic E-state index is 12.3. The Kier molecular flexibility index (Phi) is 4.23. The minimum atomic E-state index is 0.112. The lowest BCUT2D eigenvalue weighted by molar-refractivity contribution is -0.138. The van der Waals surface area contributed by atoms with E-state index in [1.165, 1.54) is 32.1 Å². The van der Waals surface area contributed by atoms with Crippen LogP contribution in [0.4, 0.5) is 0 Å². The SMILES string of the molecule is CN1C(=O)C=C[C@]2(C)[C@H]3CC[C@]4(C)[C@@H](c5nc6ccc(Cl)cc6[nH]5)CC[C@H]4[C@@H]3CC[C@@H]12. The predicted octanol–water partition coefficient (Wildman–Crippen LogP) is 5.94. The fourth-order valence-corrected chi connectivity index (χ4v) is 8.53. The number of rotatable bonds is 1. The van der Waals surface area contributed by atoms with Crippen molar-refractivity contribution < 1.29 is 4.79 Å². The maximum absolute atomic E-state index is 12.3. The minimum absolute atomic E-state index is 0.112. The van der Waals surface area contributed by atoms with Gasteiger partial charge in [0.15, 0.2) is 0 Å². The Morgan fingerprint density at radius 2 is 1.97 bits per heavy atom. The van der Waals surface area contributed by atoms with Gasteiger partial charge in [-0.1, -0.05) is 31.5 Å². The van der Waals surface area contributed by atoms with E-state index < -0.39 is 0 Å².